The molecule has 2 rings (SSSR count). The predicted octanol–water partition coefficient (Wildman–Crippen LogP) is 1.94. The van der Waals surface area contributed by atoms with Gasteiger partial charge in [0.05, 0.1) is 6.10 Å². The number of hydrogen-bond acceptors (Lipinski definition) is 3. The molecular weight excluding hydrogens is 256 g/mol. The van der Waals surface area contributed by atoms with Gasteiger partial charge in [-0.1, -0.05) is 0 Å². The van der Waals surface area contributed by atoms with Crippen LogP contribution < -0.4 is 15.4 Å². The molecule has 1 aromatic rings. The zero-order valence-corrected chi connectivity index (χ0v) is 11.8. The van der Waals surface area contributed by atoms with Crippen molar-refractivity contribution in [3.05, 3.63) is 24.3 Å². The second-order valence-electron chi connectivity index (χ2n) is 5.17. The van der Waals surface area contributed by atoms with Gasteiger partial charge in [-0.25, -0.2) is 0 Å². The minimum Gasteiger partial charge on any atom is -0.491 e. The number of amides is 2. The number of rotatable bonds is 4. The molecule has 5 nitrogen and oxygen atoms in total. The van der Waals surface area contributed by atoms with E-state index in [1.807, 2.05) is 13.8 Å². The fraction of sp³-hybridized carbons (Fsp3) is 0.467. The van der Waals surface area contributed by atoms with E-state index in [1.165, 1.54) is 0 Å². The van der Waals surface area contributed by atoms with Crippen molar-refractivity contribution >= 4 is 17.5 Å². The van der Waals surface area contributed by atoms with Crippen molar-refractivity contribution in [2.75, 3.05) is 11.9 Å². The van der Waals surface area contributed by atoms with Gasteiger partial charge in [-0.15, -0.1) is 0 Å². The fourth-order valence-electron chi connectivity index (χ4n) is 2.14. The third-order valence-corrected chi connectivity index (χ3v) is 3.10. The van der Waals surface area contributed by atoms with Crippen molar-refractivity contribution < 1.29 is 14.3 Å². The average Bonchev–Trinajstić information content (AvgIpc) is 2.41. The first-order chi connectivity index (χ1) is 9.56. The van der Waals surface area contributed by atoms with E-state index in [2.05, 4.69) is 10.6 Å². The van der Waals surface area contributed by atoms with Crippen LogP contribution >= 0.6 is 0 Å². The van der Waals surface area contributed by atoms with Gasteiger partial charge in [0.1, 0.15) is 11.7 Å². The van der Waals surface area contributed by atoms with E-state index in [0.29, 0.717) is 18.7 Å². The number of piperidine rings is 1. The van der Waals surface area contributed by atoms with Gasteiger partial charge in [0, 0.05) is 12.2 Å². The summed E-state index contributed by atoms with van der Waals surface area (Å²) in [6, 6.07) is 7.15. The summed E-state index contributed by atoms with van der Waals surface area (Å²) in [4.78, 5) is 23.6. The van der Waals surface area contributed by atoms with Gasteiger partial charge in [0.15, 0.2) is 0 Å². The summed E-state index contributed by atoms with van der Waals surface area (Å²) < 4.78 is 5.53. The van der Waals surface area contributed by atoms with Crippen LogP contribution in [0.15, 0.2) is 24.3 Å². The highest BCUT2D eigenvalue weighted by Gasteiger charge is 2.28. The summed E-state index contributed by atoms with van der Waals surface area (Å²) in [6.07, 6.45) is 1.55. The molecule has 5 heteroatoms. The third-order valence-electron chi connectivity index (χ3n) is 3.10. The molecule has 108 valence electrons. The quantitative estimate of drug-likeness (QED) is 0.826. The molecule has 0 unspecified atom stereocenters. The number of carbonyl (C=O) groups is 2. The van der Waals surface area contributed by atoms with E-state index in [9.17, 15) is 9.59 Å². The lowest BCUT2D eigenvalue weighted by Gasteiger charge is -2.21. The van der Waals surface area contributed by atoms with Crippen LogP contribution in [-0.4, -0.2) is 24.5 Å². The molecule has 1 saturated heterocycles. The van der Waals surface area contributed by atoms with Gasteiger partial charge in [-0.3, -0.25) is 9.59 Å². The van der Waals surface area contributed by atoms with Crippen LogP contribution in [0.5, 0.6) is 5.75 Å². The Kier molecular flexibility index (Phi) is 4.61. The van der Waals surface area contributed by atoms with E-state index in [4.69, 9.17) is 4.74 Å². The van der Waals surface area contributed by atoms with Crippen molar-refractivity contribution in [2.45, 2.75) is 32.8 Å². The second kappa shape index (κ2) is 6.41. The van der Waals surface area contributed by atoms with Crippen molar-refractivity contribution in [1.82, 2.24) is 5.32 Å². The van der Waals surface area contributed by atoms with Gasteiger partial charge in [-0.05, 0) is 51.0 Å². The minimum absolute atomic E-state index is 0.112. The Morgan fingerprint density at radius 2 is 2.05 bits per heavy atom. The van der Waals surface area contributed by atoms with E-state index in [-0.39, 0.29) is 17.9 Å². The van der Waals surface area contributed by atoms with E-state index >= 15 is 0 Å². The van der Waals surface area contributed by atoms with Gasteiger partial charge < -0.3 is 15.4 Å². The summed E-state index contributed by atoms with van der Waals surface area (Å²) in [5.41, 5.74) is 0.671. The van der Waals surface area contributed by atoms with Crippen LogP contribution in [-0.2, 0) is 9.59 Å². The van der Waals surface area contributed by atoms with Crippen LogP contribution in [0.1, 0.15) is 26.7 Å². The van der Waals surface area contributed by atoms with Gasteiger partial charge >= 0.3 is 0 Å². The SMILES string of the molecule is CC(C)Oc1ccc(NC(=O)[C@@H]2CCCNC2=O)cc1. The second-order valence-corrected chi connectivity index (χ2v) is 5.17. The fourth-order valence-corrected chi connectivity index (χ4v) is 2.14. The topological polar surface area (TPSA) is 67.4 Å². The monoisotopic (exact) mass is 276 g/mol. The highest BCUT2D eigenvalue weighted by molar-refractivity contribution is 6.06. The number of nitrogens with one attached hydrogen (secondary N) is 2. The molecule has 1 fully saturated rings. The van der Waals surface area contributed by atoms with Crippen molar-refractivity contribution in [1.29, 1.82) is 0 Å². The number of benzene rings is 1. The molecule has 0 bridgehead atoms. The first-order valence-corrected chi connectivity index (χ1v) is 6.91. The van der Waals surface area contributed by atoms with Crippen LogP contribution in [0.4, 0.5) is 5.69 Å². The first kappa shape index (κ1) is 14.4. The molecule has 1 aliphatic heterocycles. The summed E-state index contributed by atoms with van der Waals surface area (Å²) in [5, 5.41) is 5.48. The highest BCUT2D eigenvalue weighted by Crippen LogP contribution is 2.19. The van der Waals surface area contributed by atoms with Crippen LogP contribution in [0.3, 0.4) is 0 Å². The van der Waals surface area contributed by atoms with E-state index < -0.39 is 5.92 Å². The summed E-state index contributed by atoms with van der Waals surface area (Å²) >= 11 is 0. The number of ether oxygens (including phenoxy) is 1. The minimum atomic E-state index is -0.588. The van der Waals surface area contributed by atoms with Crippen LogP contribution in [0.2, 0.25) is 0 Å². The molecule has 1 heterocycles. The Labute approximate surface area is 118 Å². The van der Waals surface area contributed by atoms with Crippen LogP contribution in [0, 0.1) is 5.92 Å². The number of hydrogen-bond donors (Lipinski definition) is 2. The van der Waals surface area contributed by atoms with Crippen LogP contribution in [0.25, 0.3) is 0 Å². The average molecular weight is 276 g/mol. The molecule has 1 aromatic carbocycles. The molecule has 2 amide bonds. The zero-order chi connectivity index (χ0) is 14.5. The molecule has 20 heavy (non-hydrogen) atoms. The van der Waals surface area contributed by atoms with Gasteiger partial charge in [0.25, 0.3) is 0 Å². The normalized spacial score (nSPS) is 18.6. The van der Waals surface area contributed by atoms with Crippen molar-refractivity contribution in [2.24, 2.45) is 5.92 Å². The molecule has 0 aromatic heterocycles. The largest absolute Gasteiger partial charge is 0.491 e. The lowest BCUT2D eigenvalue weighted by atomic mass is 9.98. The van der Waals surface area contributed by atoms with Crippen molar-refractivity contribution in [3.63, 3.8) is 0 Å². The van der Waals surface area contributed by atoms with Gasteiger partial charge in [-0.2, -0.15) is 0 Å². The Balaban J connectivity index is 1.95. The summed E-state index contributed by atoms with van der Waals surface area (Å²) in [6.45, 7) is 4.57. The summed E-state index contributed by atoms with van der Waals surface area (Å²) in [7, 11) is 0. The lowest BCUT2D eigenvalue weighted by molar-refractivity contribution is -0.134. The standard InChI is InChI=1S/C15H20N2O3/c1-10(2)20-12-7-5-11(6-8-12)17-15(19)13-4-3-9-16-14(13)18/h5-8,10,13H,3-4,9H2,1-2H3,(H,16,18)(H,17,19)/t13-/m1/s1. The predicted molar refractivity (Wildman–Crippen MR) is 76.6 cm³/mol. The maximum Gasteiger partial charge on any atom is 0.236 e. The lowest BCUT2D eigenvalue weighted by Crippen LogP contribution is -2.42. The zero-order valence-electron chi connectivity index (χ0n) is 11.8. The van der Waals surface area contributed by atoms with E-state index in [1.54, 1.807) is 24.3 Å². The number of carbonyl (C=O) groups excluding carboxylic acids is 2. The maximum atomic E-state index is 12.0. The molecule has 0 aliphatic carbocycles. The highest BCUT2D eigenvalue weighted by atomic mass is 16.5. The smallest absolute Gasteiger partial charge is 0.236 e. The molecule has 1 aliphatic rings. The Morgan fingerprint density at radius 1 is 1.35 bits per heavy atom. The molecule has 0 spiro atoms. The Morgan fingerprint density at radius 3 is 2.65 bits per heavy atom. The third kappa shape index (κ3) is 3.73. The number of anilines is 1. The maximum absolute atomic E-state index is 12.0. The van der Waals surface area contributed by atoms with Gasteiger partial charge in [0.2, 0.25) is 11.8 Å². The van der Waals surface area contributed by atoms with Crippen molar-refractivity contribution in [3.8, 4) is 5.75 Å². The molecule has 1 atom stereocenters. The first-order valence-electron chi connectivity index (χ1n) is 6.91. The Hall–Kier alpha value is -2.04. The molecule has 2 N–H and O–H groups in total. The Bertz CT molecular complexity index is 482. The molecule has 0 saturated carbocycles. The molecular formula is C15H20N2O3. The molecule has 0 radical (unpaired) electrons. The summed E-state index contributed by atoms with van der Waals surface area (Å²) in [5.74, 6) is -0.267. The van der Waals surface area contributed by atoms with E-state index in [0.717, 1.165) is 12.2 Å².